The highest BCUT2D eigenvalue weighted by molar-refractivity contribution is 7.18. The van der Waals surface area contributed by atoms with E-state index in [1.54, 1.807) is 18.3 Å². The number of hydrogen-bond acceptors (Lipinski definition) is 7. The number of thiophene rings is 1. The van der Waals surface area contributed by atoms with Crippen LogP contribution in [-0.2, 0) is 6.54 Å². The number of fused-ring (bicyclic) bond motifs is 1. The number of H-pyrrole nitrogens is 1. The lowest BCUT2D eigenvalue weighted by molar-refractivity contribution is 0.0624. The van der Waals surface area contributed by atoms with Crippen LogP contribution in [0.4, 0.5) is 0 Å². The summed E-state index contributed by atoms with van der Waals surface area (Å²) in [6.07, 6.45) is 0. The first-order valence-corrected chi connectivity index (χ1v) is 12.2. The zero-order valence-electron chi connectivity index (χ0n) is 19.8. The zero-order chi connectivity index (χ0) is 24.0. The molecule has 4 heterocycles. The maximum Gasteiger partial charge on any atom is 0.259 e. The summed E-state index contributed by atoms with van der Waals surface area (Å²) in [5.74, 6) is 1.13. The van der Waals surface area contributed by atoms with E-state index in [-0.39, 0.29) is 11.5 Å². The predicted octanol–water partition coefficient (Wildman–Crippen LogP) is 3.83. The van der Waals surface area contributed by atoms with Gasteiger partial charge in [0, 0.05) is 36.6 Å². The minimum atomic E-state index is -0.0812. The van der Waals surface area contributed by atoms with Gasteiger partial charge in [-0.25, -0.2) is 4.98 Å². The van der Waals surface area contributed by atoms with Crippen molar-refractivity contribution < 1.29 is 9.32 Å². The van der Waals surface area contributed by atoms with E-state index >= 15 is 0 Å². The molecule has 0 atom stereocenters. The molecule has 1 amide bonds. The summed E-state index contributed by atoms with van der Waals surface area (Å²) >= 11 is 1.56. The van der Waals surface area contributed by atoms with E-state index in [0.717, 1.165) is 26.4 Å². The second kappa shape index (κ2) is 8.81. The van der Waals surface area contributed by atoms with Gasteiger partial charge in [-0.1, -0.05) is 29.4 Å². The lowest BCUT2D eigenvalue weighted by Crippen LogP contribution is -2.48. The van der Waals surface area contributed by atoms with Crippen LogP contribution in [0.5, 0.6) is 0 Å². The van der Waals surface area contributed by atoms with Crippen LogP contribution in [-0.4, -0.2) is 57.0 Å². The Bertz CT molecular complexity index is 1440. The minimum absolute atomic E-state index is 0.0610. The maximum atomic E-state index is 13.4. The second-order valence-electron chi connectivity index (χ2n) is 8.82. The second-order valence-corrected chi connectivity index (χ2v) is 10.0. The normalized spacial score (nSPS) is 14.8. The lowest BCUT2D eigenvalue weighted by Gasteiger charge is -2.34. The Hall–Kier alpha value is -3.30. The maximum absolute atomic E-state index is 13.4. The van der Waals surface area contributed by atoms with Crippen LogP contribution in [0.15, 0.2) is 33.6 Å². The lowest BCUT2D eigenvalue weighted by atomic mass is 10.0. The van der Waals surface area contributed by atoms with Crippen LogP contribution in [0, 0.1) is 27.7 Å². The van der Waals surface area contributed by atoms with Crippen molar-refractivity contribution in [3.8, 4) is 11.3 Å². The van der Waals surface area contributed by atoms with Crippen LogP contribution < -0.4 is 5.56 Å². The number of rotatable bonds is 4. The first-order chi connectivity index (χ1) is 16.3. The number of carbonyl (C=O) groups is 1. The molecule has 34 heavy (non-hydrogen) atoms. The Kier molecular flexibility index (Phi) is 5.83. The van der Waals surface area contributed by atoms with Crippen LogP contribution in [0.1, 0.15) is 37.9 Å². The number of aromatic amines is 1. The van der Waals surface area contributed by atoms with E-state index < -0.39 is 0 Å². The van der Waals surface area contributed by atoms with Crippen molar-refractivity contribution in [2.24, 2.45) is 0 Å². The molecule has 4 aromatic rings. The van der Waals surface area contributed by atoms with Crippen molar-refractivity contribution >= 4 is 27.5 Å². The van der Waals surface area contributed by atoms with Gasteiger partial charge in [-0.15, -0.1) is 11.3 Å². The van der Waals surface area contributed by atoms with Gasteiger partial charge in [0.25, 0.3) is 11.5 Å². The molecular weight excluding hydrogens is 450 g/mol. The monoisotopic (exact) mass is 477 g/mol. The summed E-state index contributed by atoms with van der Waals surface area (Å²) in [4.78, 5) is 39.6. The van der Waals surface area contributed by atoms with E-state index in [1.165, 1.54) is 0 Å². The van der Waals surface area contributed by atoms with Crippen LogP contribution in [0.25, 0.3) is 21.5 Å². The van der Waals surface area contributed by atoms with Crippen LogP contribution in [0.2, 0.25) is 0 Å². The number of benzene rings is 1. The van der Waals surface area contributed by atoms with Gasteiger partial charge in [0.1, 0.15) is 27.7 Å². The van der Waals surface area contributed by atoms with E-state index in [9.17, 15) is 9.59 Å². The Morgan fingerprint density at radius 3 is 2.59 bits per heavy atom. The van der Waals surface area contributed by atoms with E-state index in [2.05, 4.69) is 15.0 Å². The first kappa shape index (κ1) is 22.5. The highest BCUT2D eigenvalue weighted by Crippen LogP contribution is 2.29. The molecule has 8 nitrogen and oxygen atoms in total. The van der Waals surface area contributed by atoms with Crippen molar-refractivity contribution in [1.29, 1.82) is 0 Å². The summed E-state index contributed by atoms with van der Waals surface area (Å²) in [5, 5.41) is 4.89. The third-order valence-electron chi connectivity index (χ3n) is 6.60. The molecule has 0 spiro atoms. The van der Waals surface area contributed by atoms with Crippen molar-refractivity contribution in [3.63, 3.8) is 0 Å². The van der Waals surface area contributed by atoms with Crippen LogP contribution in [0.3, 0.4) is 0 Å². The number of carbonyl (C=O) groups excluding carboxylic acids is 1. The largest absolute Gasteiger partial charge is 0.360 e. The molecule has 1 fully saturated rings. The van der Waals surface area contributed by atoms with Crippen molar-refractivity contribution in [2.45, 2.75) is 34.2 Å². The average Bonchev–Trinajstić information content (AvgIpc) is 3.33. The standard InChI is InChI=1S/C25H27N5O3S/c1-14-7-5-6-8-18(14)22-21(16(3)33-28-22)25(32)30-11-9-29(10-12-30)13-19-26-23(31)20-15(2)17(4)34-24(20)27-19/h5-8H,9-13H2,1-4H3,(H,26,27,31). The number of aromatic nitrogens is 3. The highest BCUT2D eigenvalue weighted by Gasteiger charge is 2.29. The molecule has 5 rings (SSSR count). The summed E-state index contributed by atoms with van der Waals surface area (Å²) in [7, 11) is 0. The average molecular weight is 478 g/mol. The molecular formula is C25H27N5O3S. The Labute approximate surface area is 201 Å². The number of nitrogens with zero attached hydrogens (tertiary/aromatic N) is 4. The summed E-state index contributed by atoms with van der Waals surface area (Å²) in [6, 6.07) is 7.87. The molecule has 0 saturated carbocycles. The minimum Gasteiger partial charge on any atom is -0.360 e. The molecule has 0 unspecified atom stereocenters. The third-order valence-corrected chi connectivity index (χ3v) is 7.70. The van der Waals surface area contributed by atoms with Gasteiger partial charge >= 0.3 is 0 Å². The highest BCUT2D eigenvalue weighted by atomic mass is 32.1. The zero-order valence-corrected chi connectivity index (χ0v) is 20.6. The summed E-state index contributed by atoms with van der Waals surface area (Å²) in [5.41, 5.74) is 4.00. The van der Waals surface area contributed by atoms with Crippen molar-refractivity contribution in [3.05, 3.63) is 67.8 Å². The molecule has 1 aliphatic heterocycles. The summed E-state index contributed by atoms with van der Waals surface area (Å²) in [6.45, 7) is 10.9. The van der Waals surface area contributed by atoms with Crippen molar-refractivity contribution in [1.82, 2.24) is 24.9 Å². The first-order valence-electron chi connectivity index (χ1n) is 11.4. The van der Waals surface area contributed by atoms with E-state index in [1.807, 2.05) is 49.9 Å². The predicted molar refractivity (Wildman–Crippen MR) is 132 cm³/mol. The van der Waals surface area contributed by atoms with Gasteiger partial charge in [0.05, 0.1) is 11.9 Å². The Balaban J connectivity index is 1.30. The Morgan fingerprint density at radius 1 is 1.12 bits per heavy atom. The smallest absolute Gasteiger partial charge is 0.259 e. The molecule has 0 radical (unpaired) electrons. The molecule has 1 aromatic carbocycles. The SMILES string of the molecule is Cc1ccccc1-c1noc(C)c1C(=O)N1CCN(Cc2nc3sc(C)c(C)c3c(=O)[nH]2)CC1. The molecule has 3 aromatic heterocycles. The fourth-order valence-electron chi connectivity index (χ4n) is 4.50. The van der Waals surface area contributed by atoms with Gasteiger partial charge in [0.15, 0.2) is 0 Å². The van der Waals surface area contributed by atoms with Gasteiger partial charge in [-0.3, -0.25) is 14.5 Å². The molecule has 0 aliphatic carbocycles. The third kappa shape index (κ3) is 3.95. The summed E-state index contributed by atoms with van der Waals surface area (Å²) < 4.78 is 5.42. The number of piperazine rings is 1. The van der Waals surface area contributed by atoms with Gasteiger partial charge < -0.3 is 14.4 Å². The van der Waals surface area contributed by atoms with Crippen LogP contribution >= 0.6 is 11.3 Å². The molecule has 1 N–H and O–H groups in total. The Morgan fingerprint density at radius 2 is 1.85 bits per heavy atom. The quantitative estimate of drug-likeness (QED) is 0.480. The number of nitrogens with one attached hydrogen (secondary N) is 1. The van der Waals surface area contributed by atoms with E-state index in [4.69, 9.17) is 9.51 Å². The van der Waals surface area contributed by atoms with E-state index in [0.29, 0.717) is 61.0 Å². The number of aryl methyl sites for hydroxylation is 4. The number of hydrogen-bond donors (Lipinski definition) is 1. The molecule has 1 aliphatic rings. The molecule has 9 heteroatoms. The fraction of sp³-hybridized carbons (Fsp3) is 0.360. The van der Waals surface area contributed by atoms with Crippen molar-refractivity contribution in [2.75, 3.05) is 26.2 Å². The molecule has 1 saturated heterocycles. The van der Waals surface area contributed by atoms with Gasteiger partial charge in [-0.2, -0.15) is 0 Å². The topological polar surface area (TPSA) is 95.3 Å². The fourth-order valence-corrected chi connectivity index (χ4v) is 5.55. The molecule has 176 valence electrons. The van der Waals surface area contributed by atoms with Gasteiger partial charge in [0.2, 0.25) is 0 Å². The van der Waals surface area contributed by atoms with Gasteiger partial charge in [-0.05, 0) is 38.8 Å². The molecule has 0 bridgehead atoms. The number of amides is 1.